The normalized spacial score (nSPS) is 26.1. The van der Waals surface area contributed by atoms with Gasteiger partial charge in [0.2, 0.25) is 0 Å². The molecule has 1 N–H and O–H groups in total. The van der Waals surface area contributed by atoms with Crippen LogP contribution in [-0.2, 0) is 82.3 Å². The SMILES string of the molecule is O[C@@H]1C=C[C@@H]2O[C@H](COCc3ccccc3)[C@@H](OCc3ccccc3)C=C[C@H]2O[C@H]1C[C@H]1O[C@@H](CCOCc2ccccc2)[C@H](OCc2ccccc2)[C@@H](OCc2ccccc2)[C@@H]1OCc1ccc(Br)cc1. The molecule has 11 heteroatoms. The smallest absolute Gasteiger partial charge is 0.115 e. The maximum atomic E-state index is 12.0. The first-order valence-electron chi connectivity index (χ1n) is 25.1. The minimum Gasteiger partial charge on any atom is -0.386 e. The predicted molar refractivity (Wildman–Crippen MR) is 279 cm³/mol. The van der Waals surface area contributed by atoms with Crippen LogP contribution in [0.1, 0.15) is 46.2 Å². The maximum absolute atomic E-state index is 12.0. The third-order valence-corrected chi connectivity index (χ3v) is 13.7. The van der Waals surface area contributed by atoms with Crippen LogP contribution in [0.4, 0.5) is 0 Å². The van der Waals surface area contributed by atoms with Gasteiger partial charge in [-0.05, 0) is 51.9 Å². The molecular weight excluding hydrogens is 973 g/mol. The molecular formula is C61H65BrO10. The zero-order valence-corrected chi connectivity index (χ0v) is 42.1. The topological polar surface area (TPSA) is 103 Å². The second-order valence-electron chi connectivity index (χ2n) is 18.5. The van der Waals surface area contributed by atoms with Crippen LogP contribution in [0.5, 0.6) is 0 Å². The van der Waals surface area contributed by atoms with E-state index in [-0.39, 0.29) is 19.6 Å². The van der Waals surface area contributed by atoms with Gasteiger partial charge in [-0.25, -0.2) is 0 Å². The highest BCUT2D eigenvalue weighted by molar-refractivity contribution is 9.10. The first-order valence-corrected chi connectivity index (χ1v) is 25.9. The van der Waals surface area contributed by atoms with E-state index < -0.39 is 67.1 Å². The van der Waals surface area contributed by atoms with Gasteiger partial charge >= 0.3 is 0 Å². The zero-order valence-electron chi connectivity index (χ0n) is 40.5. The Labute approximate surface area is 432 Å². The average Bonchev–Trinajstić information content (AvgIpc) is 3.68. The van der Waals surface area contributed by atoms with Crippen LogP contribution in [0, 0.1) is 0 Å². The van der Waals surface area contributed by atoms with Crippen molar-refractivity contribution in [1.82, 2.24) is 0 Å². The molecule has 0 bridgehead atoms. The number of ether oxygens (including phenoxy) is 9. The van der Waals surface area contributed by atoms with Gasteiger partial charge in [-0.15, -0.1) is 0 Å². The number of aliphatic hydroxyl groups excluding tert-OH is 1. The van der Waals surface area contributed by atoms with E-state index in [1.165, 1.54) is 0 Å². The molecule has 1 fully saturated rings. The van der Waals surface area contributed by atoms with Gasteiger partial charge in [-0.3, -0.25) is 0 Å². The van der Waals surface area contributed by atoms with Gasteiger partial charge in [-0.1, -0.05) is 204 Å². The molecule has 0 saturated carbocycles. The van der Waals surface area contributed by atoms with Crippen molar-refractivity contribution >= 4 is 15.9 Å². The van der Waals surface area contributed by atoms with Crippen molar-refractivity contribution in [2.45, 2.75) is 120 Å². The summed E-state index contributed by atoms with van der Waals surface area (Å²) in [5.41, 5.74) is 6.24. The van der Waals surface area contributed by atoms with Gasteiger partial charge in [0.05, 0.1) is 70.7 Å². The lowest BCUT2D eigenvalue weighted by atomic mass is 9.89. The van der Waals surface area contributed by atoms with Gasteiger partial charge < -0.3 is 47.7 Å². The zero-order chi connectivity index (χ0) is 49.2. The van der Waals surface area contributed by atoms with Gasteiger partial charge in [0.25, 0.3) is 0 Å². The van der Waals surface area contributed by atoms with E-state index >= 15 is 0 Å². The molecule has 0 unspecified atom stereocenters. The molecule has 0 spiro atoms. The number of hydrogen-bond acceptors (Lipinski definition) is 10. The van der Waals surface area contributed by atoms with E-state index in [1.807, 2.05) is 158 Å². The lowest BCUT2D eigenvalue weighted by molar-refractivity contribution is -0.273. The third-order valence-electron chi connectivity index (χ3n) is 13.2. The Balaban J connectivity index is 0.992. The molecule has 376 valence electrons. The largest absolute Gasteiger partial charge is 0.386 e. The molecule has 6 aromatic rings. The number of rotatable bonds is 23. The van der Waals surface area contributed by atoms with E-state index in [9.17, 15) is 5.11 Å². The quantitative estimate of drug-likeness (QED) is 0.0493. The monoisotopic (exact) mass is 1040 g/mol. The molecule has 0 aliphatic carbocycles. The summed E-state index contributed by atoms with van der Waals surface area (Å²) in [6, 6.07) is 58.7. The Kier molecular flexibility index (Phi) is 19.6. The lowest BCUT2D eigenvalue weighted by Gasteiger charge is -2.47. The minimum absolute atomic E-state index is 0.267. The fourth-order valence-electron chi connectivity index (χ4n) is 9.35. The van der Waals surface area contributed by atoms with Crippen LogP contribution < -0.4 is 0 Å². The third kappa shape index (κ3) is 15.2. The number of halogens is 1. The van der Waals surface area contributed by atoms with Crippen molar-refractivity contribution in [2.75, 3.05) is 13.2 Å². The van der Waals surface area contributed by atoms with Crippen LogP contribution in [0.25, 0.3) is 0 Å². The summed E-state index contributed by atoms with van der Waals surface area (Å²) in [4.78, 5) is 0. The molecule has 9 rings (SSSR count). The molecule has 0 aromatic heterocycles. The van der Waals surface area contributed by atoms with Crippen LogP contribution in [0.15, 0.2) is 205 Å². The maximum Gasteiger partial charge on any atom is 0.115 e. The van der Waals surface area contributed by atoms with Gasteiger partial charge in [-0.2, -0.15) is 0 Å². The highest BCUT2D eigenvalue weighted by atomic mass is 79.9. The van der Waals surface area contributed by atoms with E-state index in [4.69, 9.17) is 42.6 Å². The van der Waals surface area contributed by atoms with Crippen molar-refractivity contribution < 1.29 is 47.7 Å². The molecule has 72 heavy (non-hydrogen) atoms. The molecule has 0 amide bonds. The summed E-state index contributed by atoms with van der Waals surface area (Å²) in [5.74, 6) is 0. The van der Waals surface area contributed by atoms with Crippen molar-refractivity contribution in [2.24, 2.45) is 0 Å². The Morgan fingerprint density at radius 2 is 0.819 bits per heavy atom. The molecule has 0 radical (unpaired) electrons. The Morgan fingerprint density at radius 3 is 1.36 bits per heavy atom. The number of aliphatic hydroxyl groups is 1. The standard InChI is InChI=1S/C61H65BrO10/c62-50-28-26-49(27-29-50)42-68-60-57(72-55(34-35-64-37-44-16-6-1-7-17-44)59(67-40-47-22-12-4-13-23-47)61(60)69-41-48-24-14-5-15-25-48)36-56-51(63)30-31-53-54(70-56)33-32-52(66-39-46-20-10-3-11-21-46)58(71-53)43-65-38-45-18-8-2-9-19-45/h1-33,51-61,63H,34-43H2/t51-,52+,53+,54-,55+,56+,57-,58-,59+,60-,61-/m1/s1. The average molecular weight is 1040 g/mol. The van der Waals surface area contributed by atoms with Gasteiger partial charge in [0, 0.05) is 17.5 Å². The fraction of sp³-hybridized carbons (Fsp3) is 0.344. The van der Waals surface area contributed by atoms with E-state index in [2.05, 4.69) is 52.3 Å². The molecule has 11 atom stereocenters. The van der Waals surface area contributed by atoms with Crippen molar-refractivity contribution in [3.8, 4) is 0 Å². The summed E-state index contributed by atoms with van der Waals surface area (Å²) in [6.07, 6.45) is 1.84. The van der Waals surface area contributed by atoms with E-state index in [0.717, 1.165) is 37.9 Å². The van der Waals surface area contributed by atoms with Crippen LogP contribution in [-0.4, -0.2) is 85.5 Å². The number of benzene rings is 6. The second-order valence-corrected chi connectivity index (χ2v) is 19.4. The van der Waals surface area contributed by atoms with Crippen LogP contribution >= 0.6 is 15.9 Å². The fourth-order valence-corrected chi connectivity index (χ4v) is 9.61. The Hall–Kier alpha value is -5.12. The molecule has 10 nitrogen and oxygen atoms in total. The Morgan fingerprint density at radius 1 is 0.389 bits per heavy atom. The van der Waals surface area contributed by atoms with E-state index in [1.54, 1.807) is 6.08 Å². The molecule has 1 saturated heterocycles. The van der Waals surface area contributed by atoms with Crippen molar-refractivity contribution in [1.29, 1.82) is 0 Å². The summed E-state index contributed by atoms with van der Waals surface area (Å²) >= 11 is 3.59. The summed E-state index contributed by atoms with van der Waals surface area (Å²) in [5, 5.41) is 12.0. The molecule has 6 aromatic carbocycles. The van der Waals surface area contributed by atoms with Crippen molar-refractivity contribution in [3.63, 3.8) is 0 Å². The van der Waals surface area contributed by atoms with E-state index in [0.29, 0.717) is 46.1 Å². The van der Waals surface area contributed by atoms with Crippen molar-refractivity contribution in [3.05, 3.63) is 238 Å². The highest BCUT2D eigenvalue weighted by Gasteiger charge is 2.50. The lowest BCUT2D eigenvalue weighted by Crippen LogP contribution is -2.61. The Bertz CT molecular complexity index is 2520. The van der Waals surface area contributed by atoms with Crippen LogP contribution in [0.3, 0.4) is 0 Å². The van der Waals surface area contributed by atoms with Crippen LogP contribution in [0.2, 0.25) is 0 Å². The van der Waals surface area contributed by atoms with Gasteiger partial charge in [0.1, 0.15) is 42.7 Å². The molecule has 3 heterocycles. The first kappa shape index (κ1) is 51.8. The summed E-state index contributed by atoms with van der Waals surface area (Å²) < 4.78 is 62.3. The second kappa shape index (κ2) is 27.2. The minimum atomic E-state index is -0.994. The number of fused-ring (bicyclic) bond motifs is 1. The first-order chi connectivity index (χ1) is 35.5. The number of hydrogen-bond donors (Lipinski definition) is 1. The molecule has 3 aliphatic heterocycles. The highest BCUT2D eigenvalue weighted by Crippen LogP contribution is 2.36. The van der Waals surface area contributed by atoms with Gasteiger partial charge in [0.15, 0.2) is 0 Å². The summed E-state index contributed by atoms with van der Waals surface area (Å²) in [6.45, 7) is 2.92. The summed E-state index contributed by atoms with van der Waals surface area (Å²) in [7, 11) is 0. The molecule has 3 aliphatic rings. The predicted octanol–water partition coefficient (Wildman–Crippen LogP) is 11.1.